The molecule has 5 heteroatoms. The average Bonchev–Trinajstić information content (AvgIpc) is 2.70. The van der Waals surface area contributed by atoms with E-state index in [0.29, 0.717) is 10.7 Å². The number of anilines is 1. The number of carboxylic acid groups (broad SMARTS) is 1. The fourth-order valence-corrected chi connectivity index (χ4v) is 3.08. The molecule has 0 aliphatic rings. The summed E-state index contributed by atoms with van der Waals surface area (Å²) >= 11 is 6.02. The number of benzene rings is 3. The van der Waals surface area contributed by atoms with Crippen molar-refractivity contribution in [3.8, 4) is 0 Å². The Hall–Kier alpha value is -3.37. The van der Waals surface area contributed by atoms with Gasteiger partial charge in [-0.15, -0.1) is 0 Å². The summed E-state index contributed by atoms with van der Waals surface area (Å²) in [5.74, 6) is -2.59. The summed E-state index contributed by atoms with van der Waals surface area (Å²) in [5, 5.41) is 11.7. The lowest BCUT2D eigenvalue weighted by Crippen LogP contribution is -2.21. The molecule has 0 heterocycles. The Morgan fingerprint density at radius 2 is 1.32 bits per heavy atom. The van der Waals surface area contributed by atoms with Gasteiger partial charge in [-0.1, -0.05) is 66.2 Å². The SMILES string of the molecule is C/C(=C(\c1ccccc1)c1ccc(NC(=O)C(=O)O)cc1)c1ccc(Cl)cc1. The van der Waals surface area contributed by atoms with Crippen LogP contribution in [0.4, 0.5) is 5.69 Å². The third kappa shape index (κ3) is 4.48. The maximum Gasteiger partial charge on any atom is 0.394 e. The molecular weight excluding hydrogens is 374 g/mol. The first-order chi connectivity index (χ1) is 13.5. The number of hydrogen-bond donors (Lipinski definition) is 2. The third-order valence-corrected chi connectivity index (χ3v) is 4.59. The van der Waals surface area contributed by atoms with E-state index in [-0.39, 0.29) is 0 Å². The summed E-state index contributed by atoms with van der Waals surface area (Å²) in [6.07, 6.45) is 0. The van der Waals surface area contributed by atoms with E-state index in [2.05, 4.69) is 5.32 Å². The standard InChI is InChI=1S/C23H18ClNO3/c1-15(16-7-11-19(24)12-8-16)21(17-5-3-2-4-6-17)18-9-13-20(14-10-18)25-22(26)23(27)28/h2-14H,1H3,(H,25,26)(H,27,28)/b21-15-. The zero-order valence-corrected chi connectivity index (χ0v) is 15.9. The van der Waals surface area contributed by atoms with Gasteiger partial charge in [0.1, 0.15) is 0 Å². The van der Waals surface area contributed by atoms with Crippen LogP contribution >= 0.6 is 11.6 Å². The van der Waals surface area contributed by atoms with Crippen LogP contribution in [0.2, 0.25) is 5.02 Å². The van der Waals surface area contributed by atoms with Crippen molar-refractivity contribution >= 4 is 40.3 Å². The monoisotopic (exact) mass is 391 g/mol. The van der Waals surface area contributed by atoms with Gasteiger partial charge in [0, 0.05) is 10.7 Å². The summed E-state index contributed by atoms with van der Waals surface area (Å²) in [7, 11) is 0. The molecule has 0 saturated heterocycles. The number of allylic oxidation sites excluding steroid dienone is 1. The highest BCUT2D eigenvalue weighted by atomic mass is 35.5. The zero-order chi connectivity index (χ0) is 20.1. The van der Waals surface area contributed by atoms with Crippen molar-refractivity contribution in [3.05, 3.63) is 101 Å². The molecule has 3 aromatic rings. The predicted molar refractivity (Wildman–Crippen MR) is 112 cm³/mol. The van der Waals surface area contributed by atoms with Gasteiger partial charge in [0.2, 0.25) is 0 Å². The Balaban J connectivity index is 2.05. The van der Waals surface area contributed by atoms with Crippen molar-refractivity contribution in [3.63, 3.8) is 0 Å². The lowest BCUT2D eigenvalue weighted by molar-refractivity contribution is -0.147. The summed E-state index contributed by atoms with van der Waals surface area (Å²) in [6.45, 7) is 2.05. The minimum Gasteiger partial charge on any atom is -0.474 e. The smallest absolute Gasteiger partial charge is 0.394 e. The highest BCUT2D eigenvalue weighted by molar-refractivity contribution is 6.36. The Labute approximate surface area is 168 Å². The van der Waals surface area contributed by atoms with Gasteiger partial charge in [-0.3, -0.25) is 4.79 Å². The van der Waals surface area contributed by atoms with E-state index in [1.165, 1.54) is 0 Å². The van der Waals surface area contributed by atoms with Gasteiger partial charge in [-0.25, -0.2) is 4.79 Å². The second-order valence-corrected chi connectivity index (χ2v) is 6.65. The van der Waals surface area contributed by atoms with E-state index in [0.717, 1.165) is 27.8 Å². The summed E-state index contributed by atoms with van der Waals surface area (Å²) < 4.78 is 0. The van der Waals surface area contributed by atoms with E-state index in [1.807, 2.05) is 73.7 Å². The number of carbonyl (C=O) groups excluding carboxylic acids is 1. The number of carboxylic acids is 1. The number of carbonyl (C=O) groups is 2. The normalized spacial score (nSPS) is 11.5. The van der Waals surface area contributed by atoms with Crippen molar-refractivity contribution in [1.29, 1.82) is 0 Å². The number of aliphatic carboxylic acids is 1. The number of hydrogen-bond acceptors (Lipinski definition) is 2. The molecule has 0 atom stereocenters. The van der Waals surface area contributed by atoms with Gasteiger partial charge in [-0.2, -0.15) is 0 Å². The highest BCUT2D eigenvalue weighted by Crippen LogP contribution is 2.33. The molecule has 0 aliphatic carbocycles. The lowest BCUT2D eigenvalue weighted by atomic mass is 9.90. The Bertz CT molecular complexity index is 1020. The molecule has 0 unspecified atom stereocenters. The summed E-state index contributed by atoms with van der Waals surface area (Å²) in [6, 6.07) is 24.7. The minimum atomic E-state index is -1.52. The molecule has 3 aromatic carbocycles. The molecule has 4 nitrogen and oxygen atoms in total. The number of rotatable bonds is 4. The second kappa shape index (κ2) is 8.55. The first-order valence-corrected chi connectivity index (χ1v) is 9.00. The first-order valence-electron chi connectivity index (χ1n) is 8.62. The third-order valence-electron chi connectivity index (χ3n) is 4.34. The average molecular weight is 392 g/mol. The molecule has 0 spiro atoms. The van der Waals surface area contributed by atoms with Gasteiger partial charge in [-0.05, 0) is 59.0 Å². The van der Waals surface area contributed by atoms with Gasteiger partial charge in [0.15, 0.2) is 0 Å². The van der Waals surface area contributed by atoms with Crippen LogP contribution in [0.15, 0.2) is 78.9 Å². The first kappa shape index (κ1) is 19.4. The Kier molecular flexibility index (Phi) is 5.92. The van der Waals surface area contributed by atoms with E-state index in [1.54, 1.807) is 12.1 Å². The zero-order valence-electron chi connectivity index (χ0n) is 15.1. The quantitative estimate of drug-likeness (QED) is 0.466. The van der Waals surface area contributed by atoms with Gasteiger partial charge in [0.25, 0.3) is 0 Å². The van der Waals surface area contributed by atoms with E-state index < -0.39 is 11.9 Å². The molecule has 0 radical (unpaired) electrons. The van der Waals surface area contributed by atoms with E-state index in [4.69, 9.17) is 16.7 Å². The maximum atomic E-state index is 11.3. The predicted octanol–water partition coefficient (Wildman–Crippen LogP) is 5.34. The van der Waals surface area contributed by atoms with Crippen LogP contribution in [0.25, 0.3) is 11.1 Å². The van der Waals surface area contributed by atoms with Crippen molar-refractivity contribution in [1.82, 2.24) is 0 Å². The molecule has 0 saturated carbocycles. The van der Waals surface area contributed by atoms with E-state index >= 15 is 0 Å². The van der Waals surface area contributed by atoms with Crippen molar-refractivity contribution in [2.24, 2.45) is 0 Å². The topological polar surface area (TPSA) is 66.4 Å². The van der Waals surface area contributed by atoms with Crippen LogP contribution in [0.3, 0.4) is 0 Å². The Morgan fingerprint density at radius 3 is 1.89 bits per heavy atom. The van der Waals surface area contributed by atoms with Crippen LogP contribution < -0.4 is 5.32 Å². The number of nitrogens with one attached hydrogen (secondary N) is 1. The fourth-order valence-electron chi connectivity index (χ4n) is 2.95. The molecule has 0 fully saturated rings. The van der Waals surface area contributed by atoms with Gasteiger partial charge < -0.3 is 10.4 Å². The molecule has 140 valence electrons. The van der Waals surface area contributed by atoms with Crippen molar-refractivity contribution < 1.29 is 14.7 Å². The largest absolute Gasteiger partial charge is 0.474 e. The van der Waals surface area contributed by atoms with Crippen LogP contribution in [-0.4, -0.2) is 17.0 Å². The molecule has 0 bridgehead atoms. The minimum absolute atomic E-state index is 0.424. The Morgan fingerprint density at radius 1 is 0.786 bits per heavy atom. The fraction of sp³-hybridized carbons (Fsp3) is 0.0435. The van der Waals surface area contributed by atoms with Crippen LogP contribution in [0.5, 0.6) is 0 Å². The maximum absolute atomic E-state index is 11.3. The highest BCUT2D eigenvalue weighted by Gasteiger charge is 2.13. The van der Waals surface area contributed by atoms with Crippen molar-refractivity contribution in [2.45, 2.75) is 6.92 Å². The van der Waals surface area contributed by atoms with Crippen LogP contribution in [0.1, 0.15) is 23.6 Å². The van der Waals surface area contributed by atoms with Crippen molar-refractivity contribution in [2.75, 3.05) is 5.32 Å². The molecule has 0 aliphatic heterocycles. The lowest BCUT2D eigenvalue weighted by Gasteiger charge is -2.15. The van der Waals surface area contributed by atoms with Gasteiger partial charge in [0.05, 0.1) is 0 Å². The molecule has 1 amide bonds. The number of amides is 1. The van der Waals surface area contributed by atoms with Crippen LogP contribution in [0, 0.1) is 0 Å². The number of halogens is 1. The molecule has 3 rings (SSSR count). The van der Waals surface area contributed by atoms with E-state index in [9.17, 15) is 9.59 Å². The van der Waals surface area contributed by atoms with Gasteiger partial charge >= 0.3 is 11.9 Å². The van der Waals surface area contributed by atoms with Crippen LogP contribution in [-0.2, 0) is 9.59 Å². The molecule has 2 N–H and O–H groups in total. The molecule has 28 heavy (non-hydrogen) atoms. The summed E-state index contributed by atoms with van der Waals surface area (Å²) in [4.78, 5) is 22.0. The molecule has 0 aromatic heterocycles. The molecular formula is C23H18ClNO3. The summed E-state index contributed by atoms with van der Waals surface area (Å²) in [5.41, 5.74) is 5.59. The second-order valence-electron chi connectivity index (χ2n) is 6.21.